The van der Waals surface area contributed by atoms with Crippen LogP contribution in [-0.4, -0.2) is 22.8 Å². The van der Waals surface area contributed by atoms with Crippen LogP contribution in [0.4, 0.5) is 0 Å². The van der Waals surface area contributed by atoms with Crippen LogP contribution in [0, 0.1) is 5.92 Å². The summed E-state index contributed by atoms with van der Waals surface area (Å²) in [5, 5.41) is 9.50. The predicted octanol–water partition coefficient (Wildman–Crippen LogP) is 0.463. The first-order chi connectivity index (χ1) is 5.12. The number of carbonyl (C=O) groups excluding carboxylic acids is 1. The third-order valence-corrected chi connectivity index (χ3v) is 2.87. The van der Waals surface area contributed by atoms with Crippen molar-refractivity contribution in [2.24, 2.45) is 5.92 Å². The van der Waals surface area contributed by atoms with Crippen molar-refractivity contribution >= 4 is 5.97 Å². The molecule has 1 saturated carbocycles. The van der Waals surface area contributed by atoms with Crippen molar-refractivity contribution < 1.29 is 14.6 Å². The van der Waals surface area contributed by atoms with Crippen LogP contribution in [0.1, 0.15) is 26.2 Å². The highest BCUT2D eigenvalue weighted by Gasteiger charge is 2.50. The van der Waals surface area contributed by atoms with Gasteiger partial charge >= 0.3 is 5.97 Å². The smallest absolute Gasteiger partial charge is 0.309 e. The maximum atomic E-state index is 11.1. The van der Waals surface area contributed by atoms with Crippen LogP contribution in [-0.2, 0) is 9.53 Å². The molecule has 0 unspecified atom stereocenters. The Labute approximate surface area is 65.4 Å². The molecule has 2 saturated heterocycles. The summed E-state index contributed by atoms with van der Waals surface area (Å²) in [4.78, 5) is 11.1. The highest BCUT2D eigenvalue weighted by Crippen LogP contribution is 2.41. The van der Waals surface area contributed by atoms with E-state index in [1.54, 1.807) is 0 Å². The monoisotopic (exact) mass is 156 g/mol. The molecular weight excluding hydrogens is 144 g/mol. The van der Waals surface area contributed by atoms with E-state index in [1.165, 1.54) is 0 Å². The summed E-state index contributed by atoms with van der Waals surface area (Å²) in [6, 6.07) is 0. The van der Waals surface area contributed by atoms with Crippen molar-refractivity contribution in [3.05, 3.63) is 0 Å². The van der Waals surface area contributed by atoms with Crippen LogP contribution in [0.5, 0.6) is 0 Å². The molecule has 11 heavy (non-hydrogen) atoms. The zero-order valence-electron chi connectivity index (χ0n) is 6.54. The van der Waals surface area contributed by atoms with E-state index in [-0.39, 0.29) is 11.9 Å². The number of hydrogen-bond donors (Lipinski definition) is 1. The van der Waals surface area contributed by atoms with Crippen molar-refractivity contribution in [2.45, 2.75) is 37.9 Å². The van der Waals surface area contributed by atoms with E-state index in [4.69, 9.17) is 4.74 Å². The van der Waals surface area contributed by atoms with Gasteiger partial charge in [-0.25, -0.2) is 0 Å². The first kappa shape index (κ1) is 7.10. The lowest BCUT2D eigenvalue weighted by molar-refractivity contribution is -0.208. The van der Waals surface area contributed by atoms with E-state index in [0.717, 1.165) is 12.8 Å². The molecule has 1 aliphatic carbocycles. The number of aliphatic hydroxyl groups is 1. The lowest BCUT2D eigenvalue weighted by Gasteiger charge is -2.46. The quantitative estimate of drug-likeness (QED) is 0.518. The van der Waals surface area contributed by atoms with E-state index in [0.29, 0.717) is 6.42 Å². The second-order valence-corrected chi connectivity index (χ2v) is 3.72. The second-order valence-electron chi connectivity index (χ2n) is 3.72. The highest BCUT2D eigenvalue weighted by atomic mass is 16.6. The standard InChI is InChI=1S/C8H12O3/c1-8-3-2-5(4-6(8)9)7(10)11-8/h5-6,9H,2-4H2,1H3/t5-,6+,8+/m0/s1. The highest BCUT2D eigenvalue weighted by molar-refractivity contribution is 5.75. The van der Waals surface area contributed by atoms with Gasteiger partial charge in [0.2, 0.25) is 0 Å². The largest absolute Gasteiger partial charge is 0.456 e. The molecule has 3 fully saturated rings. The van der Waals surface area contributed by atoms with E-state index in [1.807, 2.05) is 6.92 Å². The van der Waals surface area contributed by atoms with Gasteiger partial charge < -0.3 is 9.84 Å². The van der Waals surface area contributed by atoms with Crippen molar-refractivity contribution in [1.82, 2.24) is 0 Å². The van der Waals surface area contributed by atoms with Crippen molar-refractivity contribution in [3.63, 3.8) is 0 Å². The van der Waals surface area contributed by atoms with Gasteiger partial charge in [0.05, 0.1) is 12.0 Å². The zero-order valence-corrected chi connectivity index (χ0v) is 6.54. The van der Waals surface area contributed by atoms with Crippen molar-refractivity contribution in [1.29, 1.82) is 0 Å². The summed E-state index contributed by atoms with van der Waals surface area (Å²) in [7, 11) is 0. The Balaban J connectivity index is 2.26. The van der Waals surface area contributed by atoms with Crippen LogP contribution in [0.25, 0.3) is 0 Å². The number of rotatable bonds is 0. The fourth-order valence-electron chi connectivity index (χ4n) is 1.91. The minimum Gasteiger partial charge on any atom is -0.456 e. The average Bonchev–Trinajstić information content (AvgIpc) is 1.92. The molecule has 2 bridgehead atoms. The van der Waals surface area contributed by atoms with E-state index in [2.05, 4.69) is 0 Å². The van der Waals surface area contributed by atoms with Crippen LogP contribution in [0.15, 0.2) is 0 Å². The molecule has 0 aromatic heterocycles. The summed E-state index contributed by atoms with van der Waals surface area (Å²) >= 11 is 0. The first-order valence-corrected chi connectivity index (χ1v) is 4.03. The molecule has 2 heterocycles. The third kappa shape index (κ3) is 0.872. The summed E-state index contributed by atoms with van der Waals surface area (Å²) in [5.74, 6) is -0.157. The molecule has 3 nitrogen and oxygen atoms in total. The molecule has 3 rings (SSSR count). The lowest BCUT2D eigenvalue weighted by atomic mass is 9.74. The number of carbonyl (C=O) groups is 1. The maximum Gasteiger partial charge on any atom is 0.309 e. The fourth-order valence-corrected chi connectivity index (χ4v) is 1.91. The van der Waals surface area contributed by atoms with Gasteiger partial charge in [0.25, 0.3) is 0 Å². The maximum absolute atomic E-state index is 11.1. The number of hydrogen-bond acceptors (Lipinski definition) is 3. The van der Waals surface area contributed by atoms with Crippen molar-refractivity contribution in [2.75, 3.05) is 0 Å². The normalized spacial score (nSPS) is 49.1. The van der Waals surface area contributed by atoms with Gasteiger partial charge in [0.15, 0.2) is 0 Å². The molecular formula is C8H12O3. The zero-order chi connectivity index (χ0) is 8.06. The summed E-state index contributed by atoms with van der Waals surface area (Å²) in [6.07, 6.45) is 1.84. The average molecular weight is 156 g/mol. The Morgan fingerprint density at radius 1 is 1.73 bits per heavy atom. The van der Waals surface area contributed by atoms with Crippen LogP contribution in [0.2, 0.25) is 0 Å². The minimum atomic E-state index is -0.578. The molecule has 2 aliphatic heterocycles. The number of ether oxygens (including phenoxy) is 1. The molecule has 3 aliphatic rings. The summed E-state index contributed by atoms with van der Waals surface area (Å²) in [5.41, 5.74) is -0.578. The lowest BCUT2D eigenvalue weighted by Crippen LogP contribution is -2.55. The fraction of sp³-hybridized carbons (Fsp3) is 0.875. The Bertz CT molecular complexity index is 202. The van der Waals surface area contributed by atoms with Crippen LogP contribution in [0.3, 0.4) is 0 Å². The minimum absolute atomic E-state index is 0.0353. The number of aliphatic hydroxyl groups excluding tert-OH is 1. The first-order valence-electron chi connectivity index (χ1n) is 4.03. The SMILES string of the molecule is C[C@@]12CC[C@@H](C[C@H]1O)C(=O)O2. The van der Waals surface area contributed by atoms with Gasteiger partial charge in [-0.05, 0) is 26.2 Å². The summed E-state index contributed by atoms with van der Waals surface area (Å²) in [6.45, 7) is 1.81. The molecule has 62 valence electrons. The van der Waals surface area contributed by atoms with Gasteiger partial charge in [0, 0.05) is 0 Å². The Hall–Kier alpha value is -0.570. The molecule has 0 spiro atoms. The van der Waals surface area contributed by atoms with Gasteiger partial charge in [-0.3, -0.25) is 4.79 Å². The number of fused-ring (bicyclic) bond motifs is 3. The Morgan fingerprint density at radius 2 is 2.45 bits per heavy atom. The third-order valence-electron chi connectivity index (χ3n) is 2.87. The molecule has 0 aromatic rings. The van der Waals surface area contributed by atoms with Gasteiger partial charge in [-0.1, -0.05) is 0 Å². The van der Waals surface area contributed by atoms with Gasteiger partial charge in [0.1, 0.15) is 5.60 Å². The molecule has 3 heteroatoms. The molecule has 0 aromatic carbocycles. The number of esters is 1. The van der Waals surface area contributed by atoms with Crippen LogP contribution >= 0.6 is 0 Å². The topological polar surface area (TPSA) is 46.5 Å². The van der Waals surface area contributed by atoms with Gasteiger partial charge in [-0.15, -0.1) is 0 Å². The Morgan fingerprint density at radius 3 is 2.82 bits per heavy atom. The molecule has 0 amide bonds. The molecule has 1 N–H and O–H groups in total. The molecule has 0 radical (unpaired) electrons. The summed E-state index contributed by atoms with van der Waals surface area (Å²) < 4.78 is 5.10. The molecule has 3 atom stereocenters. The van der Waals surface area contributed by atoms with E-state index >= 15 is 0 Å². The van der Waals surface area contributed by atoms with Crippen molar-refractivity contribution in [3.8, 4) is 0 Å². The predicted molar refractivity (Wildman–Crippen MR) is 37.8 cm³/mol. The Kier molecular flexibility index (Phi) is 1.27. The van der Waals surface area contributed by atoms with Gasteiger partial charge in [-0.2, -0.15) is 0 Å². The van der Waals surface area contributed by atoms with E-state index in [9.17, 15) is 9.90 Å². The second kappa shape index (κ2) is 1.97. The van der Waals surface area contributed by atoms with Crippen LogP contribution < -0.4 is 0 Å². The van der Waals surface area contributed by atoms with E-state index < -0.39 is 11.7 Å².